The lowest BCUT2D eigenvalue weighted by atomic mass is 9.89. The number of amidine groups is 1. The Hall–Kier alpha value is -2.04. The van der Waals surface area contributed by atoms with Gasteiger partial charge in [-0.05, 0) is 42.5 Å². The second-order valence-corrected chi connectivity index (χ2v) is 10.4. The number of nitrogens with zero attached hydrogens (tertiary/aromatic N) is 2. The lowest BCUT2D eigenvalue weighted by Crippen LogP contribution is -2.44. The molecule has 12 heteroatoms. The molecule has 5 rings (SSSR count). The van der Waals surface area contributed by atoms with E-state index in [2.05, 4.69) is 10.5 Å². The maximum atomic E-state index is 14.2. The molecule has 1 unspecified atom stereocenters. The van der Waals surface area contributed by atoms with Crippen molar-refractivity contribution >= 4 is 46.3 Å². The highest BCUT2D eigenvalue weighted by Gasteiger charge is 2.63. The number of oxime groups is 1. The maximum absolute atomic E-state index is 14.2. The number of carbonyl (C=O) groups is 1. The minimum atomic E-state index is -4.86. The normalized spacial score (nSPS) is 22.2. The highest BCUT2D eigenvalue weighted by molar-refractivity contribution is 7.14. The molecule has 1 saturated carbocycles. The summed E-state index contributed by atoms with van der Waals surface area (Å²) in [7, 11) is 0. The van der Waals surface area contributed by atoms with E-state index in [1.54, 1.807) is 11.0 Å². The average molecular weight is 522 g/mol. The number of amides is 1. The van der Waals surface area contributed by atoms with Crippen LogP contribution in [0.2, 0.25) is 10.0 Å². The van der Waals surface area contributed by atoms with Gasteiger partial charge in [0.1, 0.15) is 5.84 Å². The van der Waals surface area contributed by atoms with Crippen molar-refractivity contribution in [3.05, 3.63) is 54.9 Å². The fourth-order valence-corrected chi connectivity index (χ4v) is 5.55. The van der Waals surface area contributed by atoms with Crippen molar-refractivity contribution in [3.8, 4) is 0 Å². The van der Waals surface area contributed by atoms with Crippen LogP contribution in [-0.4, -0.2) is 29.4 Å². The van der Waals surface area contributed by atoms with Crippen LogP contribution in [-0.2, 0) is 23.5 Å². The van der Waals surface area contributed by atoms with Crippen LogP contribution in [0.15, 0.2) is 23.4 Å². The van der Waals surface area contributed by atoms with Gasteiger partial charge in [0, 0.05) is 23.5 Å². The molecule has 2 aromatic rings. The Morgan fingerprint density at radius 2 is 1.94 bits per heavy atom. The van der Waals surface area contributed by atoms with Crippen LogP contribution in [0.4, 0.5) is 17.6 Å². The number of nitrogens with one attached hydrogen (secondary N) is 1. The zero-order valence-corrected chi connectivity index (χ0v) is 19.3. The minimum Gasteiger partial charge on any atom is -0.372 e. The molecule has 0 spiro atoms. The van der Waals surface area contributed by atoms with Crippen molar-refractivity contribution in [1.29, 1.82) is 0 Å². The van der Waals surface area contributed by atoms with Crippen LogP contribution in [0, 0.1) is 11.7 Å². The number of rotatable bonds is 4. The van der Waals surface area contributed by atoms with Crippen molar-refractivity contribution in [2.24, 2.45) is 11.1 Å². The molecule has 0 saturated heterocycles. The molecule has 1 amide bonds. The van der Waals surface area contributed by atoms with Crippen LogP contribution in [0.1, 0.15) is 44.9 Å². The molecule has 1 N–H and O–H groups in total. The number of hydrogen-bond acceptors (Lipinski definition) is 5. The number of benzene rings is 1. The molecule has 33 heavy (non-hydrogen) atoms. The predicted molar refractivity (Wildman–Crippen MR) is 116 cm³/mol. The first-order valence-electron chi connectivity index (χ1n) is 10.2. The molecule has 0 radical (unpaired) electrons. The van der Waals surface area contributed by atoms with Gasteiger partial charge in [-0.15, -0.1) is 11.3 Å². The summed E-state index contributed by atoms with van der Waals surface area (Å²) in [5, 5.41) is 5.59. The molecule has 1 aromatic carbocycles. The Bertz CT molecular complexity index is 1120. The third-order valence-corrected chi connectivity index (χ3v) is 7.76. The highest BCUT2D eigenvalue weighted by atomic mass is 35.5. The number of thiophene rings is 1. The van der Waals surface area contributed by atoms with Crippen LogP contribution in [0.5, 0.6) is 0 Å². The van der Waals surface area contributed by atoms with E-state index >= 15 is 0 Å². The number of hydrogen-bond donors (Lipinski definition) is 1. The lowest BCUT2D eigenvalue weighted by molar-refractivity contribution is -0.275. The molecular formula is C21H17Cl2F4N3O2S. The largest absolute Gasteiger partial charge is 0.435 e. The van der Waals surface area contributed by atoms with Crippen LogP contribution in [0.3, 0.4) is 0 Å². The molecule has 0 bridgehead atoms. The number of fused-ring (bicyclic) bond motifs is 1. The molecule has 176 valence electrons. The summed E-state index contributed by atoms with van der Waals surface area (Å²) >= 11 is 12.8. The van der Waals surface area contributed by atoms with Gasteiger partial charge in [-0.1, -0.05) is 28.4 Å². The summed E-state index contributed by atoms with van der Waals surface area (Å²) in [6.45, 7) is 1.29. The van der Waals surface area contributed by atoms with E-state index in [0.29, 0.717) is 30.4 Å². The Labute approximate surface area is 200 Å². The molecule has 1 aromatic heterocycles. The molecule has 5 nitrogen and oxygen atoms in total. The van der Waals surface area contributed by atoms with Crippen molar-refractivity contribution in [2.75, 3.05) is 6.54 Å². The lowest BCUT2D eigenvalue weighted by Gasteiger charge is -2.30. The van der Waals surface area contributed by atoms with E-state index in [4.69, 9.17) is 28.0 Å². The molecule has 2 aliphatic heterocycles. The van der Waals surface area contributed by atoms with E-state index in [-0.39, 0.29) is 11.7 Å². The summed E-state index contributed by atoms with van der Waals surface area (Å²) < 4.78 is 56.3. The summed E-state index contributed by atoms with van der Waals surface area (Å²) in [5.74, 6) is -0.460. The molecule has 1 fully saturated rings. The fourth-order valence-electron chi connectivity index (χ4n) is 3.96. The quantitative estimate of drug-likeness (QED) is 0.406. The van der Waals surface area contributed by atoms with Gasteiger partial charge in [0.15, 0.2) is 5.82 Å². The zero-order chi connectivity index (χ0) is 23.5. The Morgan fingerprint density at radius 3 is 2.55 bits per heavy atom. The summed E-state index contributed by atoms with van der Waals surface area (Å²) in [6, 6.07) is 3.50. The number of carbonyl (C=O) groups excluding carboxylic acids is 1. The van der Waals surface area contributed by atoms with Crippen molar-refractivity contribution in [3.63, 3.8) is 0 Å². The Kier molecular flexibility index (Phi) is 5.53. The topological polar surface area (TPSA) is 53.9 Å². The molecule has 1 aliphatic carbocycles. The maximum Gasteiger partial charge on any atom is 0.435 e. The molecule has 1 atom stereocenters. The van der Waals surface area contributed by atoms with Crippen molar-refractivity contribution in [2.45, 2.75) is 44.1 Å². The van der Waals surface area contributed by atoms with Gasteiger partial charge in [0.2, 0.25) is 0 Å². The third kappa shape index (κ3) is 4.06. The summed E-state index contributed by atoms with van der Waals surface area (Å²) in [4.78, 5) is 20.5. The second kappa shape index (κ2) is 8.02. The molecule has 3 heterocycles. The van der Waals surface area contributed by atoms with Gasteiger partial charge in [-0.25, -0.2) is 4.39 Å². The Balaban J connectivity index is 1.32. The predicted octanol–water partition coefficient (Wildman–Crippen LogP) is 5.84. The van der Waals surface area contributed by atoms with Gasteiger partial charge < -0.3 is 15.1 Å². The van der Waals surface area contributed by atoms with Crippen LogP contribution >= 0.6 is 34.5 Å². The summed E-state index contributed by atoms with van der Waals surface area (Å²) in [6.07, 6.45) is -3.20. The summed E-state index contributed by atoms with van der Waals surface area (Å²) in [5.41, 5.74) is -2.38. The minimum absolute atomic E-state index is 0.104. The van der Waals surface area contributed by atoms with E-state index in [9.17, 15) is 22.4 Å². The van der Waals surface area contributed by atoms with Gasteiger partial charge in [-0.3, -0.25) is 4.79 Å². The van der Waals surface area contributed by atoms with E-state index in [0.717, 1.165) is 35.4 Å². The zero-order valence-electron chi connectivity index (χ0n) is 16.9. The van der Waals surface area contributed by atoms with Crippen molar-refractivity contribution < 1.29 is 27.2 Å². The smallest absolute Gasteiger partial charge is 0.372 e. The van der Waals surface area contributed by atoms with E-state index in [1.807, 2.05) is 0 Å². The molecule has 3 aliphatic rings. The van der Waals surface area contributed by atoms with Crippen LogP contribution in [0.25, 0.3) is 0 Å². The van der Waals surface area contributed by atoms with Crippen molar-refractivity contribution in [1.82, 2.24) is 10.2 Å². The highest BCUT2D eigenvalue weighted by Crippen LogP contribution is 2.50. The molecular weight excluding hydrogens is 505 g/mol. The number of halogens is 6. The SMILES string of the molecule is O=C(NCC1CC1)c1cc2c(s1)CN(C1=NOC(c3cc(Cl)c(F)c(Cl)c3)(C(F)(F)F)C1)C2. The number of alkyl halides is 3. The first-order chi connectivity index (χ1) is 15.6. The van der Waals surface area contributed by atoms with E-state index < -0.39 is 39.6 Å². The van der Waals surface area contributed by atoms with Gasteiger partial charge >= 0.3 is 6.18 Å². The standard InChI is InChI=1S/C21H17Cl2F4N3O2S/c22-13-4-12(5-14(23)18(13)24)20(21(25,26)27)6-17(29-32-20)30-8-11-3-15(33-16(11)9-30)19(31)28-7-10-1-2-10/h3-5,10H,1-2,6-9H2,(H,28,31). The van der Waals surface area contributed by atoms with Gasteiger partial charge in [0.25, 0.3) is 11.5 Å². The first kappa shape index (κ1) is 22.7. The van der Waals surface area contributed by atoms with Crippen LogP contribution < -0.4 is 5.32 Å². The van der Waals surface area contributed by atoms with Gasteiger partial charge in [-0.2, -0.15) is 13.2 Å². The fraction of sp³-hybridized carbons (Fsp3) is 0.429. The Morgan fingerprint density at radius 1 is 1.24 bits per heavy atom. The van der Waals surface area contributed by atoms with E-state index in [1.165, 1.54) is 11.3 Å². The third-order valence-electron chi connectivity index (χ3n) is 6.05. The van der Waals surface area contributed by atoms with Gasteiger partial charge in [0.05, 0.1) is 27.9 Å². The monoisotopic (exact) mass is 521 g/mol. The second-order valence-electron chi connectivity index (χ2n) is 8.42. The first-order valence-corrected chi connectivity index (χ1v) is 11.8. The average Bonchev–Trinajstić information content (AvgIpc) is 3.13.